The van der Waals surface area contributed by atoms with Crippen LogP contribution in [0.2, 0.25) is 5.02 Å². The van der Waals surface area contributed by atoms with Crippen LogP contribution in [0.15, 0.2) is 24.3 Å². The topological polar surface area (TPSA) is 84.7 Å². The summed E-state index contributed by atoms with van der Waals surface area (Å²) in [5.74, 6) is -0.375. The van der Waals surface area contributed by atoms with E-state index in [2.05, 4.69) is 10.2 Å². The number of benzene rings is 1. The number of hydrogen-bond acceptors (Lipinski definition) is 4. The number of rotatable bonds is 4. The Kier molecular flexibility index (Phi) is 5.76. The number of morpholine rings is 1. The number of amides is 3. The van der Waals surface area contributed by atoms with E-state index in [0.717, 1.165) is 5.56 Å². The van der Waals surface area contributed by atoms with E-state index in [1.165, 1.54) is 0 Å². The standard InChI is InChI=1S/C15H20ClN3O3/c1-10-9-22-13(11-4-2-3-5-12(11)16)8-19(10)7-6-14(20)18-15(17)21/h2-5,10,13H,6-9H2,1H3,(H3,17,18,20,21). The minimum atomic E-state index is -0.825. The molecule has 120 valence electrons. The van der Waals surface area contributed by atoms with Crippen LogP contribution in [0, 0.1) is 0 Å². The number of carbonyl (C=O) groups excluding carboxylic acids is 2. The molecule has 0 aromatic heterocycles. The number of urea groups is 1. The molecule has 2 atom stereocenters. The molecule has 0 spiro atoms. The van der Waals surface area contributed by atoms with Gasteiger partial charge >= 0.3 is 6.03 Å². The predicted molar refractivity (Wildman–Crippen MR) is 83.5 cm³/mol. The smallest absolute Gasteiger partial charge is 0.318 e. The number of ether oxygens (including phenoxy) is 1. The van der Waals surface area contributed by atoms with Gasteiger partial charge in [-0.2, -0.15) is 0 Å². The molecule has 2 unspecified atom stereocenters. The fourth-order valence-corrected chi connectivity index (χ4v) is 2.74. The molecule has 1 aromatic carbocycles. The fraction of sp³-hybridized carbons (Fsp3) is 0.467. The zero-order chi connectivity index (χ0) is 16.1. The molecule has 6 nitrogen and oxygen atoms in total. The van der Waals surface area contributed by atoms with Crippen LogP contribution in [0.4, 0.5) is 4.79 Å². The van der Waals surface area contributed by atoms with Gasteiger partial charge in [-0.3, -0.25) is 15.0 Å². The Morgan fingerprint density at radius 2 is 2.18 bits per heavy atom. The molecule has 1 aliphatic rings. The highest BCUT2D eigenvalue weighted by atomic mass is 35.5. The molecular weight excluding hydrogens is 306 g/mol. The van der Waals surface area contributed by atoms with Gasteiger partial charge in [-0.25, -0.2) is 4.79 Å². The van der Waals surface area contributed by atoms with E-state index in [0.29, 0.717) is 24.7 Å². The summed E-state index contributed by atoms with van der Waals surface area (Å²) in [6.45, 7) is 3.78. The van der Waals surface area contributed by atoms with Gasteiger partial charge in [0.15, 0.2) is 0 Å². The summed E-state index contributed by atoms with van der Waals surface area (Å²) in [5, 5.41) is 2.74. The zero-order valence-corrected chi connectivity index (χ0v) is 13.2. The Labute approximate surface area is 134 Å². The van der Waals surface area contributed by atoms with Crippen molar-refractivity contribution in [2.45, 2.75) is 25.5 Å². The number of imide groups is 1. The van der Waals surface area contributed by atoms with Crippen LogP contribution in [0.5, 0.6) is 0 Å². The largest absolute Gasteiger partial charge is 0.371 e. The molecule has 0 bridgehead atoms. The van der Waals surface area contributed by atoms with Gasteiger partial charge in [0.2, 0.25) is 5.91 Å². The number of primary amides is 1. The van der Waals surface area contributed by atoms with E-state index in [-0.39, 0.29) is 24.5 Å². The number of nitrogens with two attached hydrogens (primary N) is 1. The Bertz CT molecular complexity index is 553. The number of hydrogen-bond donors (Lipinski definition) is 2. The molecular formula is C15H20ClN3O3. The quantitative estimate of drug-likeness (QED) is 0.882. The third kappa shape index (κ3) is 4.43. The fourth-order valence-electron chi connectivity index (χ4n) is 2.49. The van der Waals surface area contributed by atoms with Crippen LogP contribution in [0.1, 0.15) is 25.0 Å². The van der Waals surface area contributed by atoms with Gasteiger partial charge < -0.3 is 10.5 Å². The van der Waals surface area contributed by atoms with Crippen molar-refractivity contribution < 1.29 is 14.3 Å². The average Bonchev–Trinajstić information content (AvgIpc) is 2.46. The molecule has 0 radical (unpaired) electrons. The van der Waals surface area contributed by atoms with Crippen molar-refractivity contribution in [1.82, 2.24) is 10.2 Å². The van der Waals surface area contributed by atoms with Crippen molar-refractivity contribution in [3.63, 3.8) is 0 Å². The van der Waals surface area contributed by atoms with Crippen LogP contribution in [0.3, 0.4) is 0 Å². The monoisotopic (exact) mass is 325 g/mol. The van der Waals surface area contributed by atoms with Crippen LogP contribution < -0.4 is 11.1 Å². The van der Waals surface area contributed by atoms with Crippen molar-refractivity contribution in [2.24, 2.45) is 5.73 Å². The van der Waals surface area contributed by atoms with Gasteiger partial charge in [-0.15, -0.1) is 0 Å². The lowest BCUT2D eigenvalue weighted by molar-refractivity contribution is -0.121. The minimum Gasteiger partial charge on any atom is -0.371 e. The van der Waals surface area contributed by atoms with Crippen LogP contribution >= 0.6 is 11.6 Å². The summed E-state index contributed by atoms with van der Waals surface area (Å²) in [5.41, 5.74) is 5.87. The first kappa shape index (κ1) is 16.7. The molecule has 3 N–H and O–H groups in total. The summed E-state index contributed by atoms with van der Waals surface area (Å²) in [6, 6.07) is 6.95. The van der Waals surface area contributed by atoms with E-state index in [1.807, 2.05) is 31.2 Å². The van der Waals surface area contributed by atoms with Crippen molar-refractivity contribution >= 4 is 23.5 Å². The van der Waals surface area contributed by atoms with Crippen LogP contribution in [-0.2, 0) is 9.53 Å². The minimum absolute atomic E-state index is 0.121. The molecule has 7 heteroatoms. The van der Waals surface area contributed by atoms with Crippen molar-refractivity contribution in [3.8, 4) is 0 Å². The SMILES string of the molecule is CC1COC(c2ccccc2Cl)CN1CCC(=O)NC(N)=O. The molecule has 3 amide bonds. The third-order valence-corrected chi connectivity index (χ3v) is 4.05. The van der Waals surface area contributed by atoms with E-state index in [4.69, 9.17) is 22.1 Å². The highest BCUT2D eigenvalue weighted by molar-refractivity contribution is 6.31. The molecule has 1 aliphatic heterocycles. The average molecular weight is 326 g/mol. The lowest BCUT2D eigenvalue weighted by Crippen LogP contribution is -2.46. The first-order chi connectivity index (χ1) is 10.5. The van der Waals surface area contributed by atoms with E-state index in [1.54, 1.807) is 0 Å². The van der Waals surface area contributed by atoms with E-state index in [9.17, 15) is 9.59 Å². The first-order valence-corrected chi connectivity index (χ1v) is 7.54. The summed E-state index contributed by atoms with van der Waals surface area (Å²) in [4.78, 5) is 24.3. The highest BCUT2D eigenvalue weighted by Gasteiger charge is 2.28. The maximum absolute atomic E-state index is 11.5. The molecule has 2 rings (SSSR count). The molecule has 1 saturated heterocycles. The summed E-state index contributed by atoms with van der Waals surface area (Å²) in [7, 11) is 0. The highest BCUT2D eigenvalue weighted by Crippen LogP contribution is 2.29. The van der Waals surface area contributed by atoms with Crippen molar-refractivity contribution in [1.29, 1.82) is 0 Å². The molecule has 1 aromatic rings. The van der Waals surface area contributed by atoms with E-state index >= 15 is 0 Å². The van der Waals surface area contributed by atoms with Gasteiger partial charge in [0.25, 0.3) is 0 Å². The number of halogens is 1. The second kappa shape index (κ2) is 7.58. The number of nitrogens with zero attached hydrogens (tertiary/aromatic N) is 1. The van der Waals surface area contributed by atoms with Crippen molar-refractivity contribution in [3.05, 3.63) is 34.9 Å². The zero-order valence-electron chi connectivity index (χ0n) is 12.4. The Morgan fingerprint density at radius 1 is 1.45 bits per heavy atom. The van der Waals surface area contributed by atoms with Gasteiger partial charge in [-0.1, -0.05) is 29.8 Å². The van der Waals surface area contributed by atoms with Crippen LogP contribution in [-0.4, -0.2) is 42.6 Å². The second-order valence-corrected chi connectivity index (χ2v) is 5.76. The Hall–Kier alpha value is -1.63. The van der Waals surface area contributed by atoms with Crippen LogP contribution in [0.25, 0.3) is 0 Å². The Balaban J connectivity index is 1.95. The molecule has 1 fully saturated rings. The predicted octanol–water partition coefficient (Wildman–Crippen LogP) is 1.69. The molecule has 22 heavy (non-hydrogen) atoms. The van der Waals surface area contributed by atoms with E-state index < -0.39 is 6.03 Å². The normalized spacial score (nSPS) is 22.3. The first-order valence-electron chi connectivity index (χ1n) is 7.16. The molecule has 0 aliphatic carbocycles. The molecule has 1 heterocycles. The maximum atomic E-state index is 11.5. The van der Waals surface area contributed by atoms with Gasteiger partial charge in [0.05, 0.1) is 12.7 Å². The Morgan fingerprint density at radius 3 is 2.86 bits per heavy atom. The second-order valence-electron chi connectivity index (χ2n) is 5.35. The number of nitrogens with one attached hydrogen (secondary N) is 1. The lowest BCUT2D eigenvalue weighted by atomic mass is 10.1. The third-order valence-electron chi connectivity index (χ3n) is 3.70. The summed E-state index contributed by atoms with van der Waals surface area (Å²) < 4.78 is 5.86. The van der Waals surface area contributed by atoms with Gasteiger partial charge in [0, 0.05) is 36.1 Å². The summed E-state index contributed by atoms with van der Waals surface area (Å²) >= 11 is 6.21. The van der Waals surface area contributed by atoms with Gasteiger partial charge in [-0.05, 0) is 13.0 Å². The van der Waals surface area contributed by atoms with Gasteiger partial charge in [0.1, 0.15) is 0 Å². The maximum Gasteiger partial charge on any atom is 0.318 e. The molecule has 0 saturated carbocycles. The summed E-state index contributed by atoms with van der Waals surface area (Å²) in [6.07, 6.45) is 0.0896. The lowest BCUT2D eigenvalue weighted by Gasteiger charge is -2.38. The number of carbonyl (C=O) groups is 2. The van der Waals surface area contributed by atoms with Crippen molar-refractivity contribution in [2.75, 3.05) is 19.7 Å².